The molecule has 1 aliphatic rings. The molecule has 2 N–H and O–H groups in total. The number of para-hydroxylation sites is 1. The number of amides is 2. The van der Waals surface area contributed by atoms with Crippen LogP contribution in [0.25, 0.3) is 0 Å². The first kappa shape index (κ1) is 21.9. The van der Waals surface area contributed by atoms with Gasteiger partial charge in [-0.25, -0.2) is 0 Å². The third-order valence-electron chi connectivity index (χ3n) is 4.94. The maximum Gasteiger partial charge on any atom is 0.253 e. The number of carbonyl (C=O) groups is 2. The van der Waals surface area contributed by atoms with Crippen molar-refractivity contribution in [2.75, 3.05) is 25.0 Å². The highest BCUT2D eigenvalue weighted by Gasteiger charge is 2.29. The molecule has 1 heterocycles. The molecule has 0 spiro atoms. The first-order valence-corrected chi connectivity index (χ1v) is 9.63. The van der Waals surface area contributed by atoms with Crippen LogP contribution in [-0.4, -0.2) is 36.3 Å². The van der Waals surface area contributed by atoms with E-state index in [2.05, 4.69) is 17.6 Å². The number of piperidine rings is 1. The van der Waals surface area contributed by atoms with Gasteiger partial charge in [-0.2, -0.15) is 0 Å². The summed E-state index contributed by atoms with van der Waals surface area (Å²) < 4.78 is 0. The molecule has 0 bridgehead atoms. The van der Waals surface area contributed by atoms with E-state index in [1.165, 1.54) is 0 Å². The molecule has 1 atom stereocenters. The minimum atomic E-state index is -0.182. The summed E-state index contributed by atoms with van der Waals surface area (Å²) in [5, 5.41) is 6.37. The van der Waals surface area contributed by atoms with E-state index in [1.54, 1.807) is 4.90 Å². The summed E-state index contributed by atoms with van der Waals surface area (Å²) in [6.45, 7) is 4.82. The molecule has 5 nitrogen and oxygen atoms in total. The Labute approximate surface area is 172 Å². The SMILES string of the molecule is CCNCc1ccccc1NC(=O)C1CCCN(C(=O)c2ccccc2)C1.Cl. The zero-order chi connectivity index (χ0) is 19.1. The Balaban J connectivity index is 0.00000280. The monoisotopic (exact) mass is 401 g/mol. The fraction of sp³-hybridized carbons (Fsp3) is 0.364. The number of hydrogen-bond acceptors (Lipinski definition) is 3. The maximum absolute atomic E-state index is 12.8. The highest BCUT2D eigenvalue weighted by molar-refractivity contribution is 5.96. The summed E-state index contributed by atoms with van der Waals surface area (Å²) in [6.07, 6.45) is 1.65. The van der Waals surface area contributed by atoms with E-state index >= 15 is 0 Å². The largest absolute Gasteiger partial charge is 0.338 e. The van der Waals surface area contributed by atoms with Crippen molar-refractivity contribution >= 4 is 29.9 Å². The third-order valence-corrected chi connectivity index (χ3v) is 4.94. The van der Waals surface area contributed by atoms with Crippen molar-refractivity contribution in [1.82, 2.24) is 10.2 Å². The van der Waals surface area contributed by atoms with Crippen molar-refractivity contribution in [3.63, 3.8) is 0 Å². The Morgan fingerprint density at radius 3 is 2.54 bits per heavy atom. The fourth-order valence-electron chi connectivity index (χ4n) is 3.43. The third kappa shape index (κ3) is 5.57. The van der Waals surface area contributed by atoms with Gasteiger partial charge in [-0.3, -0.25) is 9.59 Å². The van der Waals surface area contributed by atoms with Gasteiger partial charge in [-0.1, -0.05) is 43.3 Å². The van der Waals surface area contributed by atoms with Crippen molar-refractivity contribution in [2.45, 2.75) is 26.3 Å². The number of hydrogen-bond donors (Lipinski definition) is 2. The molecular weight excluding hydrogens is 374 g/mol. The molecular formula is C22H28ClN3O2. The summed E-state index contributed by atoms with van der Waals surface area (Å²) in [6, 6.07) is 17.1. The Morgan fingerprint density at radius 1 is 1.07 bits per heavy atom. The molecule has 2 aromatic rings. The average molecular weight is 402 g/mol. The van der Waals surface area contributed by atoms with Crippen LogP contribution >= 0.6 is 12.4 Å². The zero-order valence-electron chi connectivity index (χ0n) is 16.2. The number of nitrogens with one attached hydrogen (secondary N) is 2. The molecule has 0 saturated carbocycles. The van der Waals surface area contributed by atoms with E-state index in [4.69, 9.17) is 0 Å². The standard InChI is InChI=1S/C22H27N3O2.ClH/c1-2-23-15-18-11-6-7-13-20(18)24-21(26)19-12-8-14-25(16-19)22(27)17-9-4-3-5-10-17;/h3-7,9-11,13,19,23H,2,8,12,14-16H2,1H3,(H,24,26);1H. The van der Waals surface area contributed by atoms with Crippen LogP contribution in [0.2, 0.25) is 0 Å². The van der Waals surface area contributed by atoms with Crippen LogP contribution in [0.3, 0.4) is 0 Å². The minimum absolute atomic E-state index is 0. The van der Waals surface area contributed by atoms with Crippen molar-refractivity contribution in [3.8, 4) is 0 Å². The Hall–Kier alpha value is -2.37. The van der Waals surface area contributed by atoms with Crippen LogP contribution in [0.1, 0.15) is 35.7 Å². The van der Waals surface area contributed by atoms with Gasteiger partial charge in [0.05, 0.1) is 5.92 Å². The molecule has 3 rings (SSSR count). The molecule has 0 aliphatic carbocycles. The van der Waals surface area contributed by atoms with Gasteiger partial charge in [0.25, 0.3) is 5.91 Å². The molecule has 28 heavy (non-hydrogen) atoms. The number of nitrogens with zero attached hydrogens (tertiary/aromatic N) is 1. The Morgan fingerprint density at radius 2 is 1.79 bits per heavy atom. The molecule has 1 unspecified atom stereocenters. The molecule has 0 radical (unpaired) electrons. The second kappa shape index (κ2) is 10.8. The topological polar surface area (TPSA) is 61.4 Å². The number of anilines is 1. The lowest BCUT2D eigenvalue weighted by molar-refractivity contribution is -0.121. The smallest absolute Gasteiger partial charge is 0.253 e. The molecule has 0 aromatic heterocycles. The van der Waals surface area contributed by atoms with Crippen LogP contribution < -0.4 is 10.6 Å². The van der Waals surface area contributed by atoms with Crippen molar-refractivity contribution in [2.24, 2.45) is 5.92 Å². The molecule has 1 saturated heterocycles. The van der Waals surface area contributed by atoms with E-state index in [-0.39, 0.29) is 30.1 Å². The number of benzene rings is 2. The maximum atomic E-state index is 12.8. The highest BCUT2D eigenvalue weighted by Crippen LogP contribution is 2.22. The van der Waals surface area contributed by atoms with E-state index in [0.29, 0.717) is 18.7 Å². The number of halogens is 1. The van der Waals surface area contributed by atoms with Gasteiger partial charge in [-0.05, 0) is 43.1 Å². The molecule has 1 aliphatic heterocycles. The summed E-state index contributed by atoms with van der Waals surface area (Å²) in [5.74, 6) is -0.191. The highest BCUT2D eigenvalue weighted by atomic mass is 35.5. The van der Waals surface area contributed by atoms with Gasteiger partial charge in [0.2, 0.25) is 5.91 Å². The van der Waals surface area contributed by atoms with Crippen LogP contribution in [0.4, 0.5) is 5.69 Å². The van der Waals surface area contributed by atoms with Crippen LogP contribution in [-0.2, 0) is 11.3 Å². The molecule has 2 aromatic carbocycles. The minimum Gasteiger partial charge on any atom is -0.338 e. The van der Waals surface area contributed by atoms with Crippen LogP contribution in [0.15, 0.2) is 54.6 Å². The normalized spacial score (nSPS) is 16.2. The van der Waals surface area contributed by atoms with Crippen molar-refractivity contribution < 1.29 is 9.59 Å². The fourth-order valence-corrected chi connectivity index (χ4v) is 3.43. The lowest BCUT2D eigenvalue weighted by Gasteiger charge is -2.32. The number of likely N-dealkylation sites (tertiary alicyclic amines) is 1. The molecule has 6 heteroatoms. The van der Waals surface area contributed by atoms with Gasteiger partial charge in [0.1, 0.15) is 0 Å². The predicted octanol–water partition coefficient (Wildman–Crippen LogP) is 3.71. The first-order chi connectivity index (χ1) is 13.2. The Bertz CT molecular complexity index is 782. The van der Waals surface area contributed by atoms with Crippen molar-refractivity contribution in [3.05, 3.63) is 65.7 Å². The second-order valence-corrected chi connectivity index (χ2v) is 6.88. The molecule has 1 fully saturated rings. The average Bonchev–Trinajstić information content (AvgIpc) is 2.73. The van der Waals surface area contributed by atoms with E-state index in [9.17, 15) is 9.59 Å². The van der Waals surface area contributed by atoms with Gasteiger partial charge in [-0.15, -0.1) is 12.4 Å². The Kier molecular flexibility index (Phi) is 8.48. The van der Waals surface area contributed by atoms with Crippen molar-refractivity contribution in [1.29, 1.82) is 0 Å². The van der Waals surface area contributed by atoms with Gasteiger partial charge in [0.15, 0.2) is 0 Å². The molecule has 150 valence electrons. The van der Waals surface area contributed by atoms with Gasteiger partial charge in [0, 0.05) is 30.9 Å². The quantitative estimate of drug-likeness (QED) is 0.775. The lowest BCUT2D eigenvalue weighted by atomic mass is 9.96. The van der Waals surface area contributed by atoms with E-state index in [1.807, 2.05) is 54.6 Å². The molecule has 2 amide bonds. The second-order valence-electron chi connectivity index (χ2n) is 6.88. The predicted molar refractivity (Wildman–Crippen MR) is 115 cm³/mol. The van der Waals surface area contributed by atoms with E-state index < -0.39 is 0 Å². The zero-order valence-corrected chi connectivity index (χ0v) is 17.0. The first-order valence-electron chi connectivity index (χ1n) is 9.63. The van der Waals surface area contributed by atoms with Gasteiger partial charge < -0.3 is 15.5 Å². The lowest BCUT2D eigenvalue weighted by Crippen LogP contribution is -2.43. The van der Waals surface area contributed by atoms with E-state index in [0.717, 1.165) is 37.2 Å². The number of carbonyl (C=O) groups excluding carboxylic acids is 2. The van der Waals surface area contributed by atoms with Crippen LogP contribution in [0.5, 0.6) is 0 Å². The summed E-state index contributed by atoms with van der Waals surface area (Å²) in [7, 11) is 0. The summed E-state index contributed by atoms with van der Waals surface area (Å²) >= 11 is 0. The summed E-state index contributed by atoms with van der Waals surface area (Å²) in [5.41, 5.74) is 2.59. The number of rotatable bonds is 6. The van der Waals surface area contributed by atoms with Crippen LogP contribution in [0, 0.1) is 5.92 Å². The van der Waals surface area contributed by atoms with Gasteiger partial charge >= 0.3 is 0 Å². The summed E-state index contributed by atoms with van der Waals surface area (Å²) in [4.78, 5) is 27.3.